The van der Waals surface area contributed by atoms with Gasteiger partial charge in [0.15, 0.2) is 17.6 Å². The summed E-state index contributed by atoms with van der Waals surface area (Å²) in [6.07, 6.45) is -1.61. The summed E-state index contributed by atoms with van der Waals surface area (Å²) in [6.45, 7) is 3.55. The number of esters is 1. The monoisotopic (exact) mass is 400 g/mol. The van der Waals surface area contributed by atoms with E-state index in [4.69, 9.17) is 18.9 Å². The van der Waals surface area contributed by atoms with Crippen LogP contribution < -0.4 is 20.1 Å². The number of rotatable bonds is 6. The second-order valence-corrected chi connectivity index (χ2v) is 6.03. The largest absolute Gasteiger partial charge is 0.454 e. The molecule has 152 valence electrons. The standard InChI is InChI=1S/C20H20N2O7/c1-3-26-20(25)22-14-6-4-13(5-7-14)19(24)29-12(2)18(23)21-15-8-9-16-17(10-15)28-11-27-16/h4-10,12H,3,11H2,1-2H3,(H,21,23)(H,22,25). The molecule has 0 spiro atoms. The second kappa shape index (κ2) is 8.96. The molecule has 0 saturated heterocycles. The molecule has 2 aromatic carbocycles. The molecule has 2 N–H and O–H groups in total. The minimum atomic E-state index is -1.02. The lowest BCUT2D eigenvalue weighted by Gasteiger charge is -2.14. The topological polar surface area (TPSA) is 112 Å². The number of hydrogen-bond donors (Lipinski definition) is 2. The smallest absolute Gasteiger partial charge is 0.411 e. The maximum Gasteiger partial charge on any atom is 0.411 e. The van der Waals surface area contributed by atoms with Gasteiger partial charge in [-0.15, -0.1) is 0 Å². The molecule has 1 heterocycles. The van der Waals surface area contributed by atoms with Crippen LogP contribution in [-0.4, -0.2) is 37.5 Å². The Hall–Kier alpha value is -3.75. The molecule has 1 aliphatic rings. The Balaban J connectivity index is 1.54. The molecule has 0 saturated carbocycles. The molecule has 1 aliphatic heterocycles. The van der Waals surface area contributed by atoms with Crippen molar-refractivity contribution in [3.63, 3.8) is 0 Å². The van der Waals surface area contributed by atoms with Gasteiger partial charge in [0, 0.05) is 17.4 Å². The summed E-state index contributed by atoms with van der Waals surface area (Å²) < 4.78 is 20.5. The summed E-state index contributed by atoms with van der Waals surface area (Å²) in [5.74, 6) is -0.0221. The third kappa shape index (κ3) is 5.16. The van der Waals surface area contributed by atoms with Crippen molar-refractivity contribution in [1.82, 2.24) is 0 Å². The highest BCUT2D eigenvalue weighted by atomic mass is 16.7. The van der Waals surface area contributed by atoms with E-state index in [1.807, 2.05) is 0 Å². The van der Waals surface area contributed by atoms with Crippen LogP contribution in [0, 0.1) is 0 Å². The highest BCUT2D eigenvalue weighted by Crippen LogP contribution is 2.34. The molecule has 0 bridgehead atoms. The Morgan fingerprint density at radius 3 is 2.41 bits per heavy atom. The number of carbonyl (C=O) groups excluding carboxylic acids is 3. The van der Waals surface area contributed by atoms with Crippen LogP contribution in [0.1, 0.15) is 24.2 Å². The van der Waals surface area contributed by atoms with Crippen LogP contribution in [0.15, 0.2) is 42.5 Å². The molecule has 2 aromatic rings. The predicted molar refractivity (Wildman–Crippen MR) is 103 cm³/mol. The van der Waals surface area contributed by atoms with Crippen molar-refractivity contribution in [2.24, 2.45) is 0 Å². The quantitative estimate of drug-likeness (QED) is 0.716. The SMILES string of the molecule is CCOC(=O)Nc1ccc(C(=O)OC(C)C(=O)Nc2ccc3c(c2)OCO3)cc1. The van der Waals surface area contributed by atoms with Gasteiger partial charge in [-0.1, -0.05) is 0 Å². The lowest BCUT2D eigenvalue weighted by molar-refractivity contribution is -0.123. The molecular formula is C20H20N2O7. The number of benzene rings is 2. The lowest BCUT2D eigenvalue weighted by Crippen LogP contribution is -2.30. The Labute approximate surface area is 166 Å². The van der Waals surface area contributed by atoms with Crippen LogP contribution in [0.5, 0.6) is 11.5 Å². The number of fused-ring (bicyclic) bond motifs is 1. The first-order chi connectivity index (χ1) is 14.0. The van der Waals surface area contributed by atoms with Gasteiger partial charge in [0.25, 0.3) is 5.91 Å². The van der Waals surface area contributed by atoms with Crippen LogP contribution in [-0.2, 0) is 14.3 Å². The average Bonchev–Trinajstić information content (AvgIpc) is 3.16. The number of carbonyl (C=O) groups is 3. The second-order valence-electron chi connectivity index (χ2n) is 6.03. The molecular weight excluding hydrogens is 380 g/mol. The molecule has 1 atom stereocenters. The Morgan fingerprint density at radius 2 is 1.69 bits per heavy atom. The van der Waals surface area contributed by atoms with E-state index in [1.54, 1.807) is 25.1 Å². The molecule has 9 nitrogen and oxygen atoms in total. The van der Waals surface area contributed by atoms with E-state index in [0.29, 0.717) is 22.9 Å². The highest BCUT2D eigenvalue weighted by Gasteiger charge is 2.20. The summed E-state index contributed by atoms with van der Waals surface area (Å²) in [6, 6.07) is 11.0. The Bertz CT molecular complexity index is 912. The van der Waals surface area contributed by atoms with E-state index in [1.165, 1.54) is 31.2 Å². The van der Waals surface area contributed by atoms with Crippen molar-refractivity contribution in [1.29, 1.82) is 0 Å². The number of amides is 2. The van der Waals surface area contributed by atoms with Gasteiger partial charge in [0.05, 0.1) is 12.2 Å². The Kier molecular flexibility index (Phi) is 6.18. The summed E-state index contributed by atoms with van der Waals surface area (Å²) in [7, 11) is 0. The molecule has 2 amide bonds. The molecule has 0 fully saturated rings. The van der Waals surface area contributed by atoms with Crippen molar-refractivity contribution >= 4 is 29.3 Å². The lowest BCUT2D eigenvalue weighted by atomic mass is 10.2. The number of ether oxygens (including phenoxy) is 4. The molecule has 9 heteroatoms. The first kappa shape index (κ1) is 20.0. The van der Waals surface area contributed by atoms with Gasteiger partial charge < -0.3 is 24.3 Å². The number of hydrogen-bond acceptors (Lipinski definition) is 7. The van der Waals surface area contributed by atoms with Crippen LogP contribution >= 0.6 is 0 Å². The zero-order valence-electron chi connectivity index (χ0n) is 15.9. The van der Waals surface area contributed by atoms with Gasteiger partial charge in [-0.2, -0.15) is 0 Å². The van der Waals surface area contributed by atoms with E-state index in [0.717, 1.165) is 0 Å². The van der Waals surface area contributed by atoms with Crippen molar-refractivity contribution < 1.29 is 33.3 Å². The third-order valence-electron chi connectivity index (χ3n) is 3.94. The van der Waals surface area contributed by atoms with E-state index >= 15 is 0 Å². The minimum absolute atomic E-state index is 0.134. The van der Waals surface area contributed by atoms with Crippen molar-refractivity contribution in [3.8, 4) is 11.5 Å². The van der Waals surface area contributed by atoms with E-state index in [2.05, 4.69) is 10.6 Å². The maximum atomic E-state index is 12.3. The van der Waals surface area contributed by atoms with Crippen LogP contribution in [0.4, 0.5) is 16.2 Å². The first-order valence-corrected chi connectivity index (χ1v) is 8.91. The minimum Gasteiger partial charge on any atom is -0.454 e. The summed E-state index contributed by atoms with van der Waals surface area (Å²) in [5.41, 5.74) is 1.20. The predicted octanol–water partition coefficient (Wildman–Crippen LogP) is 3.17. The summed E-state index contributed by atoms with van der Waals surface area (Å²) in [5, 5.41) is 5.17. The average molecular weight is 400 g/mol. The highest BCUT2D eigenvalue weighted by molar-refractivity contribution is 5.97. The molecule has 0 aliphatic carbocycles. The van der Waals surface area contributed by atoms with E-state index < -0.39 is 24.1 Å². The summed E-state index contributed by atoms with van der Waals surface area (Å²) >= 11 is 0. The first-order valence-electron chi connectivity index (χ1n) is 8.91. The van der Waals surface area contributed by atoms with Gasteiger partial charge in [-0.05, 0) is 50.2 Å². The van der Waals surface area contributed by atoms with Crippen LogP contribution in [0.3, 0.4) is 0 Å². The number of anilines is 2. The van der Waals surface area contributed by atoms with Crippen LogP contribution in [0.25, 0.3) is 0 Å². The fourth-order valence-corrected chi connectivity index (χ4v) is 2.47. The van der Waals surface area contributed by atoms with Gasteiger partial charge in [0.1, 0.15) is 0 Å². The van der Waals surface area contributed by atoms with E-state index in [-0.39, 0.29) is 19.0 Å². The van der Waals surface area contributed by atoms with Crippen LogP contribution in [0.2, 0.25) is 0 Å². The van der Waals surface area contributed by atoms with Crippen molar-refractivity contribution in [3.05, 3.63) is 48.0 Å². The molecule has 0 aromatic heterocycles. The summed E-state index contributed by atoms with van der Waals surface area (Å²) in [4.78, 5) is 35.9. The van der Waals surface area contributed by atoms with Gasteiger partial charge in [-0.25, -0.2) is 9.59 Å². The number of nitrogens with one attached hydrogen (secondary N) is 2. The fraction of sp³-hybridized carbons (Fsp3) is 0.250. The van der Waals surface area contributed by atoms with Gasteiger partial charge in [0.2, 0.25) is 6.79 Å². The third-order valence-corrected chi connectivity index (χ3v) is 3.94. The molecule has 1 unspecified atom stereocenters. The van der Waals surface area contributed by atoms with E-state index in [9.17, 15) is 14.4 Å². The molecule has 0 radical (unpaired) electrons. The van der Waals surface area contributed by atoms with Crippen molar-refractivity contribution in [2.75, 3.05) is 24.0 Å². The zero-order chi connectivity index (χ0) is 20.8. The zero-order valence-corrected chi connectivity index (χ0v) is 15.9. The fourth-order valence-electron chi connectivity index (χ4n) is 2.47. The Morgan fingerprint density at radius 1 is 1.00 bits per heavy atom. The molecule has 3 rings (SSSR count). The van der Waals surface area contributed by atoms with Gasteiger partial charge >= 0.3 is 12.1 Å². The van der Waals surface area contributed by atoms with Gasteiger partial charge in [-0.3, -0.25) is 10.1 Å². The normalized spacial score (nSPS) is 12.6. The maximum absolute atomic E-state index is 12.3. The van der Waals surface area contributed by atoms with Crippen molar-refractivity contribution in [2.45, 2.75) is 20.0 Å². The molecule has 29 heavy (non-hydrogen) atoms.